The molecule has 342 valence electrons. The van der Waals surface area contributed by atoms with E-state index in [1.807, 2.05) is 34.0 Å². The predicted molar refractivity (Wildman–Crippen MR) is 316 cm³/mol. The lowest BCUT2D eigenvalue weighted by atomic mass is 9.63. The molecule has 0 unspecified atom stereocenters. The van der Waals surface area contributed by atoms with Crippen LogP contribution in [0.2, 0.25) is 0 Å². The number of hydrogen-bond acceptors (Lipinski definition) is 5. The van der Waals surface area contributed by atoms with Gasteiger partial charge in [-0.1, -0.05) is 126 Å². The Morgan fingerprint density at radius 2 is 1.06 bits per heavy atom. The topological polar surface area (TPSA) is 20.2 Å². The summed E-state index contributed by atoms with van der Waals surface area (Å²) >= 11 is 5.75. The molecule has 0 spiro atoms. The summed E-state index contributed by atoms with van der Waals surface area (Å²) in [4.78, 5) is 2.37. The molecule has 4 aromatic heterocycles. The molecular weight excluding hydrogens is 918 g/mol. The van der Waals surface area contributed by atoms with Crippen LogP contribution in [0.25, 0.3) is 89.1 Å². The van der Waals surface area contributed by atoms with Crippen LogP contribution in [0.3, 0.4) is 0 Å². The lowest BCUT2D eigenvalue weighted by molar-refractivity contribution is 0.590. The first kappa shape index (κ1) is 42.7. The summed E-state index contributed by atoms with van der Waals surface area (Å²) < 4.78 is 10.6. The van der Waals surface area contributed by atoms with E-state index in [-0.39, 0.29) is 10.8 Å². The van der Waals surface area contributed by atoms with Gasteiger partial charge in [-0.15, -0.1) is 34.0 Å². The maximum atomic E-state index is 4.01. The highest BCUT2D eigenvalue weighted by atomic mass is 32.1. The smallest absolute Gasteiger partial charge is 0.211 e. The van der Waals surface area contributed by atoms with Crippen LogP contribution in [-0.4, -0.2) is 11.8 Å². The third-order valence-corrected chi connectivity index (χ3v) is 18.3. The number of benzene rings is 9. The van der Waals surface area contributed by atoms with Crippen LogP contribution in [0.1, 0.15) is 52.7 Å². The van der Waals surface area contributed by atoms with Crippen molar-refractivity contribution in [3.05, 3.63) is 193 Å². The quantitative estimate of drug-likeness (QED) is 0.168. The lowest BCUT2D eigenvalue weighted by Gasteiger charge is -2.25. The van der Waals surface area contributed by atoms with Gasteiger partial charge >= 0.3 is 0 Å². The molecule has 3 nitrogen and oxygen atoms in total. The number of nitrogens with zero attached hydrogens (tertiary/aromatic N) is 2. The molecule has 9 aromatic carbocycles. The highest BCUT2D eigenvalue weighted by molar-refractivity contribution is 7.29. The third-order valence-electron chi connectivity index (χ3n) is 14.9. The van der Waals surface area contributed by atoms with Crippen LogP contribution in [0.4, 0.5) is 28.4 Å². The van der Waals surface area contributed by atoms with E-state index < -0.39 is 0 Å². The molecular formula is C64H50BN3S3. The summed E-state index contributed by atoms with van der Waals surface area (Å²) in [6.45, 7) is 13.8. The van der Waals surface area contributed by atoms with Gasteiger partial charge in [0, 0.05) is 101 Å². The van der Waals surface area contributed by atoms with Gasteiger partial charge in [0.15, 0.2) is 0 Å². The molecule has 0 saturated carbocycles. The normalized spacial score (nSPS) is 12.8. The Hall–Kier alpha value is -7.16. The Kier molecular flexibility index (Phi) is 9.43. The number of hydrogen-bond donors (Lipinski definition) is 1. The van der Waals surface area contributed by atoms with Gasteiger partial charge in [-0.2, -0.15) is 0 Å². The monoisotopic (exact) mass is 967 g/mol. The van der Waals surface area contributed by atoms with Crippen molar-refractivity contribution in [2.24, 2.45) is 0 Å². The van der Waals surface area contributed by atoms with Gasteiger partial charge < -0.3 is 14.8 Å². The fourth-order valence-electron chi connectivity index (χ4n) is 11.3. The molecule has 0 aliphatic carbocycles. The van der Waals surface area contributed by atoms with Crippen molar-refractivity contribution in [1.29, 1.82) is 0 Å². The van der Waals surface area contributed by atoms with Crippen molar-refractivity contribution in [2.45, 2.75) is 52.4 Å². The van der Waals surface area contributed by atoms with Crippen LogP contribution < -0.4 is 20.5 Å². The fraction of sp³-hybridized carbons (Fsp3) is 0.125. The summed E-state index contributed by atoms with van der Waals surface area (Å²) in [7, 11) is 0.856. The minimum Gasteiger partial charge on any atom is -0.355 e. The van der Waals surface area contributed by atoms with Crippen molar-refractivity contribution < 1.29 is 0 Å². The first-order valence-corrected chi connectivity index (χ1v) is 27.1. The summed E-state index contributed by atoms with van der Waals surface area (Å²) in [6.07, 6.45) is 0. The number of para-hydroxylation sites is 2. The fourth-order valence-corrected chi connectivity index (χ4v) is 14.7. The standard InChI is InChI=1S/C64H50BN3S3/c1-63(2,3)37-21-24-39(25-22-37)66-52-35-57-50(48-32-42(26-30-55(48)70-57)67(40-15-9-7-10-16-40)41-17-11-8-12-18-41)33-46(52)44-27-28-45-47-34-49-43-19-13-14-20-54(43)69-58(49)36-53(47)68-60(45)59(44)65-62-61(68)51-31-38(64(4,5)6)23-29-56(51)71-62/h7-36,65-66H,1-6H3. The molecule has 0 radical (unpaired) electrons. The Labute approximate surface area is 426 Å². The molecule has 1 aliphatic rings. The number of fused-ring (bicyclic) bond motifs is 13. The number of rotatable bonds is 6. The largest absolute Gasteiger partial charge is 0.355 e. The Bertz CT molecular complexity index is 4260. The summed E-state index contributed by atoms with van der Waals surface area (Å²) in [5.41, 5.74) is 16.2. The number of aromatic nitrogens is 1. The van der Waals surface area contributed by atoms with Gasteiger partial charge in [-0.3, -0.25) is 0 Å². The van der Waals surface area contributed by atoms with E-state index in [4.69, 9.17) is 0 Å². The zero-order valence-electron chi connectivity index (χ0n) is 40.6. The summed E-state index contributed by atoms with van der Waals surface area (Å²) in [5.74, 6) is 0. The molecule has 14 rings (SSSR count). The zero-order chi connectivity index (χ0) is 47.9. The molecule has 0 saturated heterocycles. The third kappa shape index (κ3) is 6.81. The molecule has 0 atom stereocenters. The first-order chi connectivity index (χ1) is 34.4. The van der Waals surface area contributed by atoms with Crippen LogP contribution in [0, 0.1) is 0 Å². The van der Waals surface area contributed by atoms with E-state index in [1.165, 1.54) is 110 Å². The highest BCUT2D eigenvalue weighted by Crippen LogP contribution is 2.48. The SMILES string of the molecule is CC(C)(C)c1ccc(Nc2cc3sc4ccc(N(c5ccccc5)c5ccccc5)cc4c3cc2-c2ccc3c4cc5c(cc4n4c3c2Bc2sc3ccc(C(C)(C)C)cc3c2-4)sc2ccccc25)cc1. The van der Waals surface area contributed by atoms with E-state index >= 15 is 0 Å². The molecule has 13 aromatic rings. The van der Waals surface area contributed by atoms with Gasteiger partial charge in [-0.25, -0.2) is 0 Å². The number of nitrogens with one attached hydrogen (secondary N) is 1. The van der Waals surface area contributed by atoms with Crippen molar-refractivity contribution in [3.63, 3.8) is 0 Å². The molecule has 1 N–H and O–H groups in total. The highest BCUT2D eigenvalue weighted by Gasteiger charge is 2.31. The molecule has 1 aliphatic heterocycles. The second-order valence-electron chi connectivity index (χ2n) is 21.4. The predicted octanol–water partition coefficient (Wildman–Crippen LogP) is 17.9. The minimum atomic E-state index is 0.0309. The molecule has 0 bridgehead atoms. The van der Waals surface area contributed by atoms with Crippen LogP contribution >= 0.6 is 34.0 Å². The van der Waals surface area contributed by atoms with Crippen molar-refractivity contribution in [1.82, 2.24) is 4.57 Å². The maximum Gasteiger partial charge on any atom is 0.211 e. The zero-order valence-corrected chi connectivity index (χ0v) is 43.1. The van der Waals surface area contributed by atoms with Crippen molar-refractivity contribution in [3.8, 4) is 16.8 Å². The van der Waals surface area contributed by atoms with Crippen LogP contribution in [0.15, 0.2) is 182 Å². The summed E-state index contributed by atoms with van der Waals surface area (Å²) in [5, 5.41) is 13.2. The van der Waals surface area contributed by atoms with Gasteiger partial charge in [0.2, 0.25) is 7.28 Å². The van der Waals surface area contributed by atoms with E-state index in [0.29, 0.717) is 0 Å². The van der Waals surface area contributed by atoms with Crippen LogP contribution in [0.5, 0.6) is 0 Å². The van der Waals surface area contributed by atoms with Crippen molar-refractivity contribution >= 4 is 152 Å². The van der Waals surface area contributed by atoms with E-state index in [1.54, 1.807) is 0 Å². The second kappa shape index (κ2) is 15.7. The average molecular weight is 968 g/mol. The van der Waals surface area contributed by atoms with Gasteiger partial charge in [0.25, 0.3) is 0 Å². The summed E-state index contributed by atoms with van der Waals surface area (Å²) in [6, 6.07) is 68.5. The lowest BCUT2D eigenvalue weighted by Crippen LogP contribution is -2.35. The van der Waals surface area contributed by atoms with E-state index in [0.717, 1.165) is 35.7 Å². The first-order valence-electron chi connectivity index (χ1n) is 24.7. The Morgan fingerprint density at radius 3 is 1.79 bits per heavy atom. The second-order valence-corrected chi connectivity index (χ2v) is 24.7. The maximum absolute atomic E-state index is 4.01. The average Bonchev–Trinajstić information content (AvgIpc) is 4.12. The molecule has 0 amide bonds. The van der Waals surface area contributed by atoms with E-state index in [9.17, 15) is 0 Å². The molecule has 0 fully saturated rings. The Balaban J connectivity index is 1.04. The number of thiophene rings is 3. The van der Waals surface area contributed by atoms with Gasteiger partial charge in [-0.05, 0) is 135 Å². The molecule has 7 heteroatoms. The molecule has 5 heterocycles. The van der Waals surface area contributed by atoms with Gasteiger partial charge in [0.1, 0.15) is 0 Å². The minimum absolute atomic E-state index is 0.0309. The van der Waals surface area contributed by atoms with Crippen molar-refractivity contribution in [2.75, 3.05) is 10.2 Å². The van der Waals surface area contributed by atoms with Crippen LogP contribution in [-0.2, 0) is 10.8 Å². The van der Waals surface area contributed by atoms with E-state index in [2.05, 4.69) is 238 Å². The number of anilines is 5. The van der Waals surface area contributed by atoms with Gasteiger partial charge in [0.05, 0.1) is 11.2 Å². The molecule has 71 heavy (non-hydrogen) atoms. The Morgan fingerprint density at radius 1 is 0.437 bits per heavy atom.